The van der Waals surface area contributed by atoms with Crippen LogP contribution in [0.15, 0.2) is 40.9 Å². The summed E-state index contributed by atoms with van der Waals surface area (Å²) >= 11 is 9.19. The zero-order chi connectivity index (χ0) is 14.9. The van der Waals surface area contributed by atoms with E-state index in [4.69, 9.17) is 11.6 Å². The van der Waals surface area contributed by atoms with Crippen molar-refractivity contribution in [3.63, 3.8) is 0 Å². The van der Waals surface area contributed by atoms with Gasteiger partial charge in [0.05, 0.1) is 26.0 Å². The molecule has 0 aliphatic heterocycles. The number of nitro groups is 2. The van der Waals surface area contributed by atoms with E-state index in [-0.39, 0.29) is 27.5 Å². The van der Waals surface area contributed by atoms with E-state index in [0.717, 1.165) is 0 Å². The minimum atomic E-state index is -0.621. The number of nitro benzene ring substituents is 2. The average Bonchev–Trinajstić information content (AvgIpc) is 2.38. The van der Waals surface area contributed by atoms with Crippen LogP contribution in [0, 0.1) is 20.2 Å². The quantitative estimate of drug-likeness (QED) is 0.594. The first-order valence-electron chi connectivity index (χ1n) is 5.29. The molecule has 0 saturated heterocycles. The lowest BCUT2D eigenvalue weighted by Gasteiger charge is -2.08. The van der Waals surface area contributed by atoms with Gasteiger partial charge in [0, 0.05) is 16.6 Å². The normalized spacial score (nSPS) is 10.3. The molecule has 8 heteroatoms. The summed E-state index contributed by atoms with van der Waals surface area (Å²) in [5.74, 6) is 0. The SMILES string of the molecule is O=[N+]([O-])c1cccc(Cl)c1-c1c(Br)cccc1[N+](=O)[O-]. The van der Waals surface area contributed by atoms with Gasteiger partial charge < -0.3 is 0 Å². The van der Waals surface area contributed by atoms with Crippen LogP contribution in [0.25, 0.3) is 11.1 Å². The fraction of sp³-hybridized carbons (Fsp3) is 0. The van der Waals surface area contributed by atoms with Gasteiger partial charge in [-0.25, -0.2) is 0 Å². The van der Waals surface area contributed by atoms with Crippen molar-refractivity contribution < 1.29 is 9.85 Å². The van der Waals surface area contributed by atoms with E-state index >= 15 is 0 Å². The Labute approximate surface area is 126 Å². The van der Waals surface area contributed by atoms with Crippen LogP contribution in [0.4, 0.5) is 11.4 Å². The molecular formula is C12H6BrClN2O4. The Balaban J connectivity index is 2.88. The second-order valence-corrected chi connectivity index (χ2v) is 5.04. The minimum absolute atomic E-state index is 0.0262. The van der Waals surface area contributed by atoms with Crippen molar-refractivity contribution in [2.75, 3.05) is 0 Å². The van der Waals surface area contributed by atoms with Crippen LogP contribution in [0.1, 0.15) is 0 Å². The van der Waals surface area contributed by atoms with Gasteiger partial charge in [-0.2, -0.15) is 0 Å². The molecule has 0 bridgehead atoms. The van der Waals surface area contributed by atoms with Gasteiger partial charge in [0.15, 0.2) is 0 Å². The first-order chi connectivity index (χ1) is 9.43. The van der Waals surface area contributed by atoms with Gasteiger partial charge in [0.2, 0.25) is 0 Å². The third-order valence-corrected chi connectivity index (χ3v) is 3.60. The molecule has 2 aromatic carbocycles. The molecule has 20 heavy (non-hydrogen) atoms. The van der Waals surface area contributed by atoms with Gasteiger partial charge in [0.25, 0.3) is 11.4 Å². The summed E-state index contributed by atoms with van der Waals surface area (Å²) in [6, 6.07) is 8.45. The topological polar surface area (TPSA) is 86.3 Å². The van der Waals surface area contributed by atoms with Crippen molar-refractivity contribution in [3.8, 4) is 11.1 Å². The van der Waals surface area contributed by atoms with Crippen LogP contribution in [-0.2, 0) is 0 Å². The standard InChI is InChI=1S/C12H6BrClN2O4/c13-7-3-1-5-9(15(17)18)11(7)12-8(14)4-2-6-10(12)16(19)20/h1-6H. The number of hydrogen-bond acceptors (Lipinski definition) is 4. The maximum atomic E-state index is 11.1. The highest BCUT2D eigenvalue weighted by Crippen LogP contribution is 2.44. The Bertz CT molecular complexity index is 659. The lowest BCUT2D eigenvalue weighted by atomic mass is 10.0. The Morgan fingerprint density at radius 1 is 0.900 bits per heavy atom. The van der Waals surface area contributed by atoms with Crippen LogP contribution < -0.4 is 0 Å². The summed E-state index contributed by atoms with van der Waals surface area (Å²) in [7, 11) is 0. The molecule has 0 aliphatic carbocycles. The summed E-state index contributed by atoms with van der Waals surface area (Å²) in [5, 5.41) is 22.3. The number of benzene rings is 2. The van der Waals surface area contributed by atoms with Crippen molar-refractivity contribution in [2.24, 2.45) is 0 Å². The number of rotatable bonds is 3. The zero-order valence-electron chi connectivity index (χ0n) is 9.75. The third-order valence-electron chi connectivity index (χ3n) is 2.63. The van der Waals surface area contributed by atoms with Gasteiger partial charge in [-0.15, -0.1) is 0 Å². The van der Waals surface area contributed by atoms with Crippen molar-refractivity contribution in [1.29, 1.82) is 0 Å². The lowest BCUT2D eigenvalue weighted by Crippen LogP contribution is -1.97. The van der Waals surface area contributed by atoms with E-state index in [2.05, 4.69) is 15.9 Å². The van der Waals surface area contributed by atoms with E-state index in [0.29, 0.717) is 4.47 Å². The van der Waals surface area contributed by atoms with Crippen molar-refractivity contribution in [3.05, 3.63) is 66.1 Å². The molecule has 0 spiro atoms. The second-order valence-electron chi connectivity index (χ2n) is 3.78. The van der Waals surface area contributed by atoms with Gasteiger partial charge in [-0.05, 0) is 28.1 Å². The highest BCUT2D eigenvalue weighted by molar-refractivity contribution is 9.10. The highest BCUT2D eigenvalue weighted by Gasteiger charge is 2.27. The Morgan fingerprint density at radius 3 is 1.95 bits per heavy atom. The van der Waals surface area contributed by atoms with E-state index in [1.807, 2.05) is 0 Å². The summed E-state index contributed by atoms with van der Waals surface area (Å²) < 4.78 is 0.364. The van der Waals surface area contributed by atoms with E-state index in [1.165, 1.54) is 30.3 Å². The molecule has 0 radical (unpaired) electrons. The smallest absolute Gasteiger partial charge is 0.258 e. The van der Waals surface area contributed by atoms with Gasteiger partial charge in [-0.3, -0.25) is 20.2 Å². The molecule has 0 saturated carbocycles. The molecular weight excluding hydrogens is 351 g/mol. The van der Waals surface area contributed by atoms with Gasteiger partial charge in [0.1, 0.15) is 0 Å². The van der Waals surface area contributed by atoms with Gasteiger partial charge >= 0.3 is 0 Å². The Kier molecular flexibility index (Phi) is 4.01. The average molecular weight is 358 g/mol. The molecule has 6 nitrogen and oxygen atoms in total. The van der Waals surface area contributed by atoms with E-state index < -0.39 is 9.85 Å². The monoisotopic (exact) mass is 356 g/mol. The zero-order valence-corrected chi connectivity index (χ0v) is 12.1. The fourth-order valence-electron chi connectivity index (χ4n) is 1.82. The summed E-state index contributed by atoms with van der Waals surface area (Å²) in [6.45, 7) is 0. The molecule has 0 fully saturated rings. The van der Waals surface area contributed by atoms with Crippen LogP contribution >= 0.6 is 27.5 Å². The van der Waals surface area contributed by atoms with E-state index in [9.17, 15) is 20.2 Å². The molecule has 0 heterocycles. The minimum Gasteiger partial charge on any atom is -0.258 e. The van der Waals surface area contributed by atoms with E-state index in [1.54, 1.807) is 6.07 Å². The van der Waals surface area contributed by atoms with Crippen LogP contribution in [0.2, 0.25) is 5.02 Å². The molecule has 0 amide bonds. The van der Waals surface area contributed by atoms with Crippen molar-refractivity contribution in [1.82, 2.24) is 0 Å². The first kappa shape index (κ1) is 14.4. The predicted molar refractivity (Wildman–Crippen MR) is 77.9 cm³/mol. The predicted octanol–water partition coefficient (Wildman–Crippen LogP) is 4.59. The lowest BCUT2D eigenvalue weighted by molar-refractivity contribution is -0.386. The molecule has 0 aliphatic rings. The second kappa shape index (κ2) is 5.56. The molecule has 2 rings (SSSR count). The number of nitrogens with zero attached hydrogens (tertiary/aromatic N) is 2. The van der Waals surface area contributed by atoms with Crippen LogP contribution in [0.5, 0.6) is 0 Å². The Hall–Kier alpha value is -1.99. The Morgan fingerprint density at radius 2 is 1.40 bits per heavy atom. The number of hydrogen-bond donors (Lipinski definition) is 0. The number of halogens is 2. The van der Waals surface area contributed by atoms with Crippen LogP contribution in [-0.4, -0.2) is 9.85 Å². The maximum absolute atomic E-state index is 11.1. The van der Waals surface area contributed by atoms with Gasteiger partial charge in [-0.1, -0.05) is 23.7 Å². The van der Waals surface area contributed by atoms with Crippen LogP contribution in [0.3, 0.4) is 0 Å². The van der Waals surface area contributed by atoms with Crippen molar-refractivity contribution in [2.45, 2.75) is 0 Å². The highest BCUT2D eigenvalue weighted by atomic mass is 79.9. The first-order valence-corrected chi connectivity index (χ1v) is 6.46. The largest absolute Gasteiger partial charge is 0.279 e. The summed E-state index contributed by atoms with van der Waals surface area (Å²) in [5.41, 5.74) is -0.420. The third kappa shape index (κ3) is 2.50. The molecule has 0 atom stereocenters. The fourth-order valence-corrected chi connectivity index (χ4v) is 2.64. The molecule has 0 N–H and O–H groups in total. The molecule has 2 aromatic rings. The molecule has 0 unspecified atom stereocenters. The maximum Gasteiger partial charge on any atom is 0.279 e. The molecule has 102 valence electrons. The molecule has 0 aromatic heterocycles. The summed E-state index contributed by atoms with van der Waals surface area (Å²) in [4.78, 5) is 21.0. The van der Waals surface area contributed by atoms with Crippen molar-refractivity contribution >= 4 is 38.9 Å². The summed E-state index contributed by atoms with van der Waals surface area (Å²) in [6.07, 6.45) is 0.